The Labute approximate surface area is 152 Å². The molecule has 1 aliphatic rings. The highest BCUT2D eigenvalue weighted by molar-refractivity contribution is 5.78. The van der Waals surface area contributed by atoms with Gasteiger partial charge in [0.15, 0.2) is 0 Å². The topological polar surface area (TPSA) is 91.2 Å². The fraction of sp³-hybridized carbons (Fsp3) is 0.526. The third-order valence-corrected chi connectivity index (χ3v) is 4.96. The maximum Gasteiger partial charge on any atom is 0.253 e. The van der Waals surface area contributed by atoms with Gasteiger partial charge in [0.1, 0.15) is 5.76 Å². The Balaban J connectivity index is 1.64. The van der Waals surface area contributed by atoms with Crippen molar-refractivity contribution in [2.24, 2.45) is 0 Å². The Bertz CT molecular complexity index is 761. The van der Waals surface area contributed by atoms with Gasteiger partial charge in [-0.1, -0.05) is 12.8 Å². The number of amides is 1. The molecule has 0 radical (unpaired) electrons. The number of aromatic nitrogens is 2. The summed E-state index contributed by atoms with van der Waals surface area (Å²) in [5, 5.41) is 2.99. The van der Waals surface area contributed by atoms with E-state index in [1.54, 1.807) is 13.2 Å². The predicted octanol–water partition coefficient (Wildman–Crippen LogP) is 1.95. The van der Waals surface area contributed by atoms with Gasteiger partial charge in [-0.2, -0.15) is 0 Å². The molecule has 1 unspecified atom stereocenters. The molecule has 0 spiro atoms. The number of furan rings is 1. The van der Waals surface area contributed by atoms with Crippen LogP contribution in [-0.2, 0) is 11.2 Å². The van der Waals surface area contributed by atoms with Crippen molar-refractivity contribution < 1.29 is 9.21 Å². The van der Waals surface area contributed by atoms with Gasteiger partial charge in [-0.15, -0.1) is 0 Å². The van der Waals surface area contributed by atoms with E-state index in [0.717, 1.165) is 18.8 Å². The standard InChI is InChI=1S/C19H26N4O3/c1-14-15(21-13-22-19(14)25)11-18(24)20-12-16(17-7-6-10-26-17)23-8-4-2-3-5-9-23/h6-7,10,13,16H,2-5,8-9,11-12H2,1H3,(H,20,24)(H,21,22,25). The molecular weight excluding hydrogens is 332 g/mol. The highest BCUT2D eigenvalue weighted by atomic mass is 16.3. The summed E-state index contributed by atoms with van der Waals surface area (Å²) >= 11 is 0. The number of aromatic amines is 1. The van der Waals surface area contributed by atoms with E-state index >= 15 is 0 Å². The second-order valence-corrected chi connectivity index (χ2v) is 6.77. The lowest BCUT2D eigenvalue weighted by Gasteiger charge is -2.29. The van der Waals surface area contributed by atoms with Gasteiger partial charge in [0.2, 0.25) is 5.91 Å². The Hall–Kier alpha value is -2.41. The number of nitrogens with one attached hydrogen (secondary N) is 2. The Morgan fingerprint density at radius 2 is 2.12 bits per heavy atom. The minimum Gasteiger partial charge on any atom is -0.468 e. The lowest BCUT2D eigenvalue weighted by molar-refractivity contribution is -0.120. The molecule has 26 heavy (non-hydrogen) atoms. The lowest BCUT2D eigenvalue weighted by atomic mass is 10.1. The molecule has 7 heteroatoms. The average Bonchev–Trinajstić information content (AvgIpc) is 3.02. The van der Waals surface area contributed by atoms with E-state index in [-0.39, 0.29) is 23.9 Å². The molecule has 3 heterocycles. The quantitative estimate of drug-likeness (QED) is 0.823. The highest BCUT2D eigenvalue weighted by Crippen LogP contribution is 2.24. The third kappa shape index (κ3) is 4.60. The lowest BCUT2D eigenvalue weighted by Crippen LogP contribution is -2.39. The van der Waals surface area contributed by atoms with E-state index in [2.05, 4.69) is 20.2 Å². The molecule has 1 aliphatic heterocycles. The summed E-state index contributed by atoms with van der Waals surface area (Å²) in [5.74, 6) is 0.732. The first-order valence-electron chi connectivity index (χ1n) is 9.22. The number of carbonyl (C=O) groups excluding carboxylic acids is 1. The number of rotatable bonds is 6. The fourth-order valence-corrected chi connectivity index (χ4v) is 3.41. The SMILES string of the molecule is Cc1c(CC(=O)NCC(c2ccco2)N2CCCCCC2)nc[nH]c1=O. The zero-order valence-electron chi connectivity index (χ0n) is 15.2. The van der Waals surface area contributed by atoms with E-state index < -0.39 is 0 Å². The molecule has 0 aromatic carbocycles. The van der Waals surface area contributed by atoms with Crippen LogP contribution in [-0.4, -0.2) is 40.4 Å². The van der Waals surface area contributed by atoms with E-state index in [1.165, 1.54) is 32.0 Å². The first-order valence-corrected chi connectivity index (χ1v) is 9.22. The molecule has 2 N–H and O–H groups in total. The zero-order valence-corrected chi connectivity index (χ0v) is 15.2. The molecule has 2 aromatic rings. The van der Waals surface area contributed by atoms with Crippen molar-refractivity contribution >= 4 is 5.91 Å². The Morgan fingerprint density at radius 3 is 2.81 bits per heavy atom. The van der Waals surface area contributed by atoms with Crippen molar-refractivity contribution in [3.05, 3.63) is 52.1 Å². The van der Waals surface area contributed by atoms with Crippen LogP contribution in [0.2, 0.25) is 0 Å². The summed E-state index contributed by atoms with van der Waals surface area (Å²) in [7, 11) is 0. The molecule has 7 nitrogen and oxygen atoms in total. The van der Waals surface area contributed by atoms with E-state index in [0.29, 0.717) is 17.8 Å². The summed E-state index contributed by atoms with van der Waals surface area (Å²) in [6, 6.07) is 3.87. The largest absolute Gasteiger partial charge is 0.468 e. The number of hydrogen-bond donors (Lipinski definition) is 2. The molecule has 1 atom stereocenters. The van der Waals surface area contributed by atoms with E-state index in [9.17, 15) is 9.59 Å². The molecule has 1 saturated heterocycles. The molecule has 1 fully saturated rings. The van der Waals surface area contributed by atoms with E-state index in [1.807, 2.05) is 12.1 Å². The molecular formula is C19H26N4O3. The molecule has 140 valence electrons. The van der Waals surface area contributed by atoms with Crippen LogP contribution in [0.15, 0.2) is 33.9 Å². The summed E-state index contributed by atoms with van der Waals surface area (Å²) in [6.45, 7) is 4.18. The fourth-order valence-electron chi connectivity index (χ4n) is 3.41. The highest BCUT2D eigenvalue weighted by Gasteiger charge is 2.24. The van der Waals surface area contributed by atoms with Crippen LogP contribution < -0.4 is 10.9 Å². The van der Waals surface area contributed by atoms with Gasteiger partial charge in [-0.25, -0.2) is 4.98 Å². The summed E-state index contributed by atoms with van der Waals surface area (Å²) in [6.07, 6.45) is 7.94. The van der Waals surface area contributed by atoms with Gasteiger partial charge in [0.05, 0.1) is 30.7 Å². The minimum absolute atomic E-state index is 0.0280. The molecule has 0 bridgehead atoms. The van der Waals surface area contributed by atoms with Gasteiger partial charge in [0.25, 0.3) is 5.56 Å². The summed E-state index contributed by atoms with van der Waals surface area (Å²) < 4.78 is 5.62. The smallest absolute Gasteiger partial charge is 0.253 e. The number of H-pyrrole nitrogens is 1. The third-order valence-electron chi connectivity index (χ3n) is 4.96. The normalized spacial score (nSPS) is 16.8. The molecule has 0 aliphatic carbocycles. The maximum absolute atomic E-state index is 12.4. The minimum atomic E-state index is -0.208. The first kappa shape index (κ1) is 18.4. The van der Waals surface area contributed by atoms with Crippen molar-refractivity contribution in [3.63, 3.8) is 0 Å². The van der Waals surface area contributed by atoms with Crippen molar-refractivity contribution in [1.82, 2.24) is 20.2 Å². The first-order chi connectivity index (χ1) is 12.6. The molecule has 0 saturated carbocycles. The van der Waals surface area contributed by atoms with Crippen molar-refractivity contribution in [2.45, 2.75) is 45.1 Å². The van der Waals surface area contributed by atoms with Crippen molar-refractivity contribution in [3.8, 4) is 0 Å². The number of hydrogen-bond acceptors (Lipinski definition) is 5. The average molecular weight is 358 g/mol. The van der Waals surface area contributed by atoms with Crippen molar-refractivity contribution in [1.29, 1.82) is 0 Å². The Morgan fingerprint density at radius 1 is 1.35 bits per heavy atom. The number of carbonyl (C=O) groups is 1. The summed E-state index contributed by atoms with van der Waals surface area (Å²) in [5.41, 5.74) is 0.786. The molecule has 3 rings (SSSR count). The monoisotopic (exact) mass is 358 g/mol. The van der Waals surface area contributed by atoms with Crippen LogP contribution in [0.25, 0.3) is 0 Å². The Kier molecular flexibility index (Phi) is 6.22. The van der Waals surface area contributed by atoms with Crippen LogP contribution in [0.3, 0.4) is 0 Å². The van der Waals surface area contributed by atoms with Gasteiger partial charge in [-0.05, 0) is 45.0 Å². The van der Waals surface area contributed by atoms with Gasteiger partial charge >= 0.3 is 0 Å². The van der Waals surface area contributed by atoms with Crippen LogP contribution in [0.4, 0.5) is 0 Å². The zero-order chi connectivity index (χ0) is 18.4. The maximum atomic E-state index is 12.4. The van der Waals surface area contributed by atoms with Gasteiger partial charge < -0.3 is 14.7 Å². The summed E-state index contributed by atoms with van der Waals surface area (Å²) in [4.78, 5) is 33.0. The van der Waals surface area contributed by atoms with Gasteiger partial charge in [0, 0.05) is 12.1 Å². The van der Waals surface area contributed by atoms with Crippen molar-refractivity contribution in [2.75, 3.05) is 19.6 Å². The number of nitrogens with zero attached hydrogens (tertiary/aromatic N) is 2. The second kappa shape index (κ2) is 8.80. The van der Waals surface area contributed by atoms with Crippen LogP contribution in [0.5, 0.6) is 0 Å². The molecule has 1 amide bonds. The molecule has 2 aromatic heterocycles. The predicted molar refractivity (Wildman–Crippen MR) is 97.8 cm³/mol. The van der Waals surface area contributed by atoms with Crippen LogP contribution in [0, 0.1) is 6.92 Å². The van der Waals surface area contributed by atoms with Crippen LogP contribution >= 0.6 is 0 Å². The number of likely N-dealkylation sites (tertiary alicyclic amines) is 1. The van der Waals surface area contributed by atoms with Crippen LogP contribution in [0.1, 0.15) is 48.7 Å². The van der Waals surface area contributed by atoms with Gasteiger partial charge in [-0.3, -0.25) is 14.5 Å². The van der Waals surface area contributed by atoms with E-state index in [4.69, 9.17) is 4.42 Å². The second-order valence-electron chi connectivity index (χ2n) is 6.77.